The quantitative estimate of drug-likeness (QED) is 0.656. The molecule has 0 atom stereocenters. The van der Waals surface area contributed by atoms with Crippen LogP contribution < -0.4 is 0 Å². The molecule has 0 radical (unpaired) electrons. The number of rotatable bonds is 2. The van der Waals surface area contributed by atoms with Gasteiger partial charge in [-0.05, 0) is 6.92 Å². The van der Waals surface area contributed by atoms with Crippen molar-refractivity contribution in [3.8, 4) is 0 Å². The van der Waals surface area contributed by atoms with Crippen molar-refractivity contribution >= 4 is 0 Å². The molecule has 0 unspecified atom stereocenters. The summed E-state index contributed by atoms with van der Waals surface area (Å²) in [5.41, 5.74) is 1.32. The van der Waals surface area contributed by atoms with Gasteiger partial charge in [0.05, 0.1) is 0 Å². The van der Waals surface area contributed by atoms with Gasteiger partial charge in [0.2, 0.25) is 0 Å². The average molecular weight is 216 g/mol. The maximum absolute atomic E-state index is 2.30. The molecule has 0 bridgehead atoms. The molecular weight excluding hydrogens is 198 g/mol. The molecule has 0 saturated carbocycles. The van der Waals surface area contributed by atoms with Crippen LogP contribution in [0.2, 0.25) is 10.0 Å². The Hall–Kier alpha value is -0.157. The minimum atomic E-state index is 0.0972. The second-order valence-electron chi connectivity index (χ2n) is 3.01. The summed E-state index contributed by atoms with van der Waals surface area (Å²) in [6.07, 6.45) is 0. The average Bonchev–Trinajstić information content (AvgIpc) is 2.08. The second kappa shape index (κ2) is 8.94. The summed E-state index contributed by atoms with van der Waals surface area (Å²) in [4.78, 5) is 0. The zero-order valence-corrected chi connectivity index (χ0v) is 11.5. The molecular formula is C11H18Zn. The van der Waals surface area contributed by atoms with Crippen LogP contribution in [0.4, 0.5) is 0 Å². The molecule has 1 rings (SSSR count). The summed E-state index contributed by atoms with van der Waals surface area (Å²) in [6.45, 7) is 6.67. The fraction of sp³-hybridized carbons (Fsp3) is 0.455. The maximum atomic E-state index is 2.30. The number of benzene rings is 1. The summed E-state index contributed by atoms with van der Waals surface area (Å²) in [7, 11) is 0. The Bertz CT molecular complexity index is 168. The van der Waals surface area contributed by atoms with Crippen molar-refractivity contribution in [1.29, 1.82) is 0 Å². The van der Waals surface area contributed by atoms with Crippen molar-refractivity contribution in [3.63, 3.8) is 0 Å². The summed E-state index contributed by atoms with van der Waals surface area (Å²) in [5.74, 6) is 0. The van der Waals surface area contributed by atoms with E-state index in [1.807, 2.05) is 18.2 Å². The summed E-state index contributed by atoms with van der Waals surface area (Å²) < 4.78 is 0. The molecule has 0 aliphatic carbocycles. The number of aryl methyl sites for hydroxylation is 1. The Morgan fingerprint density at radius 2 is 1.50 bits per heavy atom. The van der Waals surface area contributed by atoms with Crippen LogP contribution in [0.3, 0.4) is 0 Å². The molecule has 0 spiro atoms. The van der Waals surface area contributed by atoms with Crippen molar-refractivity contribution < 1.29 is 17.1 Å². The summed E-state index contributed by atoms with van der Waals surface area (Å²) in [6, 6.07) is 10.3. The zero-order valence-electron chi connectivity index (χ0n) is 8.51. The van der Waals surface area contributed by atoms with E-state index < -0.39 is 0 Å². The summed E-state index contributed by atoms with van der Waals surface area (Å²) >= 11 is 0.0972. The van der Waals surface area contributed by atoms with Crippen LogP contribution in [0.25, 0.3) is 0 Å². The molecule has 0 aromatic heterocycles. The predicted octanol–water partition coefficient (Wildman–Crippen LogP) is 3.94. The molecule has 1 aromatic carbocycles. The first kappa shape index (κ1) is 11.8. The molecule has 0 aliphatic heterocycles. The van der Waals surface area contributed by atoms with E-state index >= 15 is 0 Å². The molecule has 1 aromatic rings. The second-order valence-corrected chi connectivity index (χ2v) is 8.69. The van der Waals surface area contributed by atoms with Gasteiger partial charge in [-0.25, -0.2) is 0 Å². The van der Waals surface area contributed by atoms with Crippen molar-refractivity contribution in [2.75, 3.05) is 0 Å². The summed E-state index contributed by atoms with van der Waals surface area (Å²) in [5, 5.41) is 3.06. The molecule has 12 heavy (non-hydrogen) atoms. The fourth-order valence-corrected chi connectivity index (χ4v) is 2.37. The Labute approximate surface area is 84.0 Å². The third-order valence-corrected chi connectivity index (χ3v) is 4.61. The molecule has 64 valence electrons. The SMILES string of the molecule is C[CH2][Zn][CH2]C.Cc1ccccc1. The fourth-order valence-electron chi connectivity index (χ4n) is 0.888. The van der Waals surface area contributed by atoms with Gasteiger partial charge in [-0.15, -0.1) is 0 Å². The standard InChI is InChI=1S/C7H8.2C2H5.Zn/c1-7-5-3-2-4-6-7;2*1-2;/h2-6H,1H3;2*1H2,2H3;. The van der Waals surface area contributed by atoms with E-state index in [0.717, 1.165) is 0 Å². The maximum Gasteiger partial charge on any atom is -0.0398 e. The van der Waals surface area contributed by atoms with E-state index in [-0.39, 0.29) is 17.1 Å². The van der Waals surface area contributed by atoms with E-state index in [0.29, 0.717) is 0 Å². The first-order valence-electron chi connectivity index (χ1n) is 4.82. The minimum Gasteiger partial charge on any atom is -0.0622 e. The molecule has 0 amide bonds. The monoisotopic (exact) mass is 214 g/mol. The van der Waals surface area contributed by atoms with E-state index in [2.05, 4.69) is 32.9 Å². The molecule has 0 fully saturated rings. The minimum absolute atomic E-state index is 0.0972. The van der Waals surface area contributed by atoms with Crippen molar-refractivity contribution in [2.24, 2.45) is 0 Å². The van der Waals surface area contributed by atoms with Crippen LogP contribution >= 0.6 is 0 Å². The number of hydrogen-bond donors (Lipinski definition) is 0. The van der Waals surface area contributed by atoms with Gasteiger partial charge in [0.1, 0.15) is 0 Å². The first-order valence-corrected chi connectivity index (χ1v) is 9.02. The van der Waals surface area contributed by atoms with Gasteiger partial charge < -0.3 is 0 Å². The Morgan fingerprint density at radius 3 is 1.67 bits per heavy atom. The van der Waals surface area contributed by atoms with Crippen LogP contribution in [0, 0.1) is 6.92 Å². The molecule has 1 heteroatoms. The molecule has 0 N–H and O–H groups in total. The largest absolute Gasteiger partial charge is 0.0622 e. The van der Waals surface area contributed by atoms with Crippen LogP contribution in [0.5, 0.6) is 0 Å². The molecule has 0 saturated heterocycles. The van der Waals surface area contributed by atoms with E-state index in [1.165, 1.54) is 15.6 Å². The van der Waals surface area contributed by atoms with Crippen molar-refractivity contribution in [2.45, 2.75) is 30.8 Å². The van der Waals surface area contributed by atoms with Gasteiger partial charge >= 0.3 is 41.0 Å². The number of hydrogen-bond acceptors (Lipinski definition) is 0. The van der Waals surface area contributed by atoms with Crippen LogP contribution in [-0.4, -0.2) is 0 Å². The van der Waals surface area contributed by atoms with Crippen LogP contribution in [0.15, 0.2) is 30.3 Å². The third kappa shape index (κ3) is 7.94. The van der Waals surface area contributed by atoms with Gasteiger partial charge in [-0.1, -0.05) is 35.9 Å². The van der Waals surface area contributed by atoms with Gasteiger partial charge in [-0.3, -0.25) is 0 Å². The Morgan fingerprint density at radius 1 is 1.00 bits per heavy atom. The van der Waals surface area contributed by atoms with E-state index in [1.54, 1.807) is 0 Å². The van der Waals surface area contributed by atoms with Gasteiger partial charge in [0, 0.05) is 0 Å². The van der Waals surface area contributed by atoms with Gasteiger partial charge in [-0.2, -0.15) is 0 Å². The first-order chi connectivity index (χ1) is 5.81. The predicted molar refractivity (Wildman–Crippen MR) is 52.1 cm³/mol. The topological polar surface area (TPSA) is 0 Å². The smallest absolute Gasteiger partial charge is 0.0398 e. The normalized spacial score (nSPS) is 7.92. The molecule has 0 aliphatic rings. The van der Waals surface area contributed by atoms with Crippen molar-refractivity contribution in [1.82, 2.24) is 0 Å². The Balaban J connectivity index is 0.000000217. The van der Waals surface area contributed by atoms with E-state index in [9.17, 15) is 0 Å². The third-order valence-electron chi connectivity index (χ3n) is 1.65. The van der Waals surface area contributed by atoms with Crippen LogP contribution in [0.1, 0.15) is 19.4 Å². The van der Waals surface area contributed by atoms with E-state index in [4.69, 9.17) is 0 Å². The van der Waals surface area contributed by atoms with Crippen LogP contribution in [-0.2, 0) is 17.1 Å². The zero-order chi connectivity index (χ0) is 9.23. The van der Waals surface area contributed by atoms with Gasteiger partial charge in [0.25, 0.3) is 0 Å². The van der Waals surface area contributed by atoms with Gasteiger partial charge in [0.15, 0.2) is 0 Å². The van der Waals surface area contributed by atoms with Crippen molar-refractivity contribution in [3.05, 3.63) is 35.9 Å². The Kier molecular flexibility index (Phi) is 8.82. The molecule has 0 heterocycles. The molecule has 0 nitrogen and oxygen atoms in total.